The summed E-state index contributed by atoms with van der Waals surface area (Å²) < 4.78 is 0. The van der Waals surface area contributed by atoms with Crippen LogP contribution in [0.1, 0.15) is 36.8 Å². The highest BCUT2D eigenvalue weighted by Gasteiger charge is 2.28. The zero-order chi connectivity index (χ0) is 13.4. The normalized spacial score (nSPS) is 22.8. The van der Waals surface area contributed by atoms with Crippen LogP contribution >= 0.6 is 0 Å². The van der Waals surface area contributed by atoms with E-state index in [0.29, 0.717) is 0 Å². The Labute approximate surface area is 120 Å². The molecule has 0 spiro atoms. The number of hydrogen-bond donors (Lipinski definition) is 0. The maximum atomic E-state index is 2.45. The first kappa shape index (κ1) is 11.7. The second kappa shape index (κ2) is 4.79. The number of benzene rings is 1. The van der Waals surface area contributed by atoms with E-state index in [2.05, 4.69) is 60.7 Å². The van der Waals surface area contributed by atoms with Gasteiger partial charge >= 0.3 is 0 Å². The molecule has 0 fully saturated rings. The van der Waals surface area contributed by atoms with E-state index < -0.39 is 0 Å². The molecule has 1 aromatic rings. The van der Waals surface area contributed by atoms with Crippen LogP contribution < -0.4 is 0 Å². The minimum absolute atomic E-state index is 1.20. The molecule has 4 rings (SSSR count). The van der Waals surface area contributed by atoms with Gasteiger partial charge in [-0.3, -0.25) is 0 Å². The van der Waals surface area contributed by atoms with Gasteiger partial charge in [-0.2, -0.15) is 0 Å². The Hall–Kier alpha value is -2.08. The van der Waals surface area contributed by atoms with E-state index >= 15 is 0 Å². The summed E-state index contributed by atoms with van der Waals surface area (Å²) in [5.74, 6) is 0. The van der Waals surface area contributed by atoms with Gasteiger partial charge in [0.05, 0.1) is 0 Å². The molecule has 0 saturated heterocycles. The summed E-state index contributed by atoms with van der Waals surface area (Å²) in [6.07, 6.45) is 18.5. The molecule has 0 heteroatoms. The molecule has 0 atom stereocenters. The molecule has 0 nitrogen and oxygen atoms in total. The lowest BCUT2D eigenvalue weighted by Crippen LogP contribution is -1.94. The molecule has 0 amide bonds. The fraction of sp³-hybridized carbons (Fsp3) is 0.200. The summed E-state index contributed by atoms with van der Waals surface area (Å²) in [5, 5.41) is 0. The van der Waals surface area contributed by atoms with Crippen LogP contribution in [-0.2, 0) is 0 Å². The lowest BCUT2D eigenvalue weighted by atomic mass is 9.89. The van der Waals surface area contributed by atoms with Crippen molar-refractivity contribution in [1.29, 1.82) is 0 Å². The number of rotatable bonds is 0. The van der Waals surface area contributed by atoms with Crippen LogP contribution in [0.5, 0.6) is 0 Å². The van der Waals surface area contributed by atoms with Gasteiger partial charge in [0, 0.05) is 0 Å². The van der Waals surface area contributed by atoms with Crippen LogP contribution in [0.4, 0.5) is 0 Å². The molecule has 0 aliphatic heterocycles. The molecule has 3 aliphatic rings. The second-order valence-corrected chi connectivity index (χ2v) is 5.63. The van der Waals surface area contributed by atoms with Gasteiger partial charge in [0.25, 0.3) is 0 Å². The third-order valence-corrected chi connectivity index (χ3v) is 4.40. The van der Waals surface area contributed by atoms with E-state index in [-0.39, 0.29) is 0 Å². The van der Waals surface area contributed by atoms with Crippen LogP contribution in [0, 0.1) is 0 Å². The highest BCUT2D eigenvalue weighted by Crippen LogP contribution is 2.48. The summed E-state index contributed by atoms with van der Waals surface area (Å²) in [4.78, 5) is 0. The Morgan fingerprint density at radius 3 is 2.55 bits per heavy atom. The first-order chi connectivity index (χ1) is 9.95. The summed E-state index contributed by atoms with van der Waals surface area (Å²) in [5.41, 5.74) is 8.66. The second-order valence-electron chi connectivity index (χ2n) is 5.63. The van der Waals surface area contributed by atoms with Gasteiger partial charge < -0.3 is 0 Å². The third-order valence-electron chi connectivity index (χ3n) is 4.40. The van der Waals surface area contributed by atoms with Crippen molar-refractivity contribution < 1.29 is 0 Å². The van der Waals surface area contributed by atoms with Crippen molar-refractivity contribution in [2.45, 2.75) is 25.7 Å². The van der Waals surface area contributed by atoms with Gasteiger partial charge in [-0.25, -0.2) is 0 Å². The molecular formula is C20H18. The molecular weight excluding hydrogens is 240 g/mol. The maximum Gasteiger partial charge on any atom is -0.00701 e. The minimum Gasteiger partial charge on any atom is -0.0760 e. The Morgan fingerprint density at radius 1 is 0.800 bits per heavy atom. The molecule has 98 valence electrons. The first-order valence-electron chi connectivity index (χ1n) is 7.54. The van der Waals surface area contributed by atoms with Gasteiger partial charge in [0.1, 0.15) is 0 Å². The van der Waals surface area contributed by atoms with Crippen LogP contribution in [0.25, 0.3) is 11.1 Å². The van der Waals surface area contributed by atoms with E-state index in [4.69, 9.17) is 0 Å². The fourth-order valence-electron chi connectivity index (χ4n) is 3.48. The highest BCUT2D eigenvalue weighted by molar-refractivity contribution is 6.09. The van der Waals surface area contributed by atoms with E-state index in [9.17, 15) is 0 Å². The highest BCUT2D eigenvalue weighted by atomic mass is 14.3. The lowest BCUT2D eigenvalue weighted by molar-refractivity contribution is 0.745. The monoisotopic (exact) mass is 258 g/mol. The quantitative estimate of drug-likeness (QED) is 0.579. The smallest absolute Gasteiger partial charge is 0.00701 e. The molecule has 0 radical (unpaired) electrons. The van der Waals surface area contributed by atoms with Gasteiger partial charge in [0.15, 0.2) is 0 Å². The summed E-state index contributed by atoms with van der Waals surface area (Å²) in [6, 6.07) is 8.84. The standard InChI is InChI=1S/C20H18/c1-3-9-15-10-4-2-6-14-19-17-12-8-7-11-16(17)18(13-5-1)20(15)19/h1,3,5,7-9,11-14H,2,4,6,10H2/b3-1?,5-1?,9-3?,13-5?,15-9?,18-13?,19-14-,20-15?. The van der Waals surface area contributed by atoms with Crippen molar-refractivity contribution >= 4 is 11.1 Å². The van der Waals surface area contributed by atoms with Gasteiger partial charge in [-0.05, 0) is 59.1 Å². The van der Waals surface area contributed by atoms with Crippen molar-refractivity contribution in [2.24, 2.45) is 0 Å². The average Bonchev–Trinajstić information content (AvgIpc) is 2.72. The predicted molar refractivity (Wildman–Crippen MR) is 86.2 cm³/mol. The van der Waals surface area contributed by atoms with Crippen molar-refractivity contribution in [2.75, 3.05) is 0 Å². The van der Waals surface area contributed by atoms with E-state index in [1.54, 1.807) is 0 Å². The van der Waals surface area contributed by atoms with Gasteiger partial charge in [-0.1, -0.05) is 60.7 Å². The van der Waals surface area contributed by atoms with E-state index in [0.717, 1.165) is 0 Å². The van der Waals surface area contributed by atoms with E-state index in [1.165, 1.54) is 59.1 Å². The van der Waals surface area contributed by atoms with Crippen molar-refractivity contribution in [3.05, 3.63) is 83.0 Å². The number of allylic oxidation sites excluding steroid dienone is 10. The van der Waals surface area contributed by atoms with Gasteiger partial charge in [-0.15, -0.1) is 0 Å². The number of hydrogen-bond acceptors (Lipinski definition) is 0. The van der Waals surface area contributed by atoms with Crippen LogP contribution in [0.2, 0.25) is 0 Å². The van der Waals surface area contributed by atoms with Crippen LogP contribution in [0.3, 0.4) is 0 Å². The molecule has 0 N–H and O–H groups in total. The lowest BCUT2D eigenvalue weighted by Gasteiger charge is -2.15. The summed E-state index contributed by atoms with van der Waals surface area (Å²) in [6.45, 7) is 0. The Balaban J connectivity index is 2.05. The molecule has 1 aromatic carbocycles. The first-order valence-corrected chi connectivity index (χ1v) is 7.54. The zero-order valence-electron chi connectivity index (χ0n) is 11.6. The van der Waals surface area contributed by atoms with Crippen LogP contribution in [0.15, 0.2) is 71.9 Å². The molecule has 0 bridgehead atoms. The van der Waals surface area contributed by atoms with Gasteiger partial charge in [0.2, 0.25) is 0 Å². The van der Waals surface area contributed by atoms with Crippen molar-refractivity contribution in [3.63, 3.8) is 0 Å². The molecule has 0 aromatic heterocycles. The van der Waals surface area contributed by atoms with Crippen LogP contribution in [-0.4, -0.2) is 0 Å². The average molecular weight is 258 g/mol. The van der Waals surface area contributed by atoms with Crippen molar-refractivity contribution in [3.8, 4) is 0 Å². The zero-order valence-corrected chi connectivity index (χ0v) is 11.6. The SMILES string of the molecule is C1=CC=C2C3=C(C=C1)CCCC/C=C\3c1ccccc12. The van der Waals surface area contributed by atoms with Crippen molar-refractivity contribution in [1.82, 2.24) is 0 Å². The number of fused-ring (bicyclic) bond motifs is 3. The fourth-order valence-corrected chi connectivity index (χ4v) is 3.48. The Kier molecular flexibility index (Phi) is 2.81. The largest absolute Gasteiger partial charge is 0.0760 e. The Morgan fingerprint density at radius 2 is 1.65 bits per heavy atom. The Bertz CT molecular complexity index is 705. The topological polar surface area (TPSA) is 0 Å². The van der Waals surface area contributed by atoms with E-state index in [1.807, 2.05) is 0 Å². The summed E-state index contributed by atoms with van der Waals surface area (Å²) >= 11 is 0. The molecule has 0 saturated carbocycles. The molecule has 0 heterocycles. The molecule has 0 unspecified atom stereocenters. The molecule has 3 aliphatic carbocycles. The maximum absolute atomic E-state index is 2.45. The predicted octanol–water partition coefficient (Wildman–Crippen LogP) is 5.46. The minimum atomic E-state index is 1.20. The molecule has 20 heavy (non-hydrogen) atoms. The third kappa shape index (κ3) is 1.76. The summed E-state index contributed by atoms with van der Waals surface area (Å²) in [7, 11) is 0.